The summed E-state index contributed by atoms with van der Waals surface area (Å²) in [5.41, 5.74) is 5.72. The van der Waals surface area contributed by atoms with Crippen LogP contribution < -0.4 is 11.1 Å². The van der Waals surface area contributed by atoms with Crippen molar-refractivity contribution in [2.75, 3.05) is 7.11 Å². The highest BCUT2D eigenvalue weighted by atomic mass is 35.5. The van der Waals surface area contributed by atoms with Gasteiger partial charge in [-0.15, -0.1) is 23.7 Å². The molecule has 114 valence electrons. The summed E-state index contributed by atoms with van der Waals surface area (Å²) in [5.74, 6) is -0.567. The van der Waals surface area contributed by atoms with Crippen molar-refractivity contribution < 1.29 is 14.3 Å². The van der Waals surface area contributed by atoms with E-state index < -0.39 is 12.0 Å². The highest BCUT2D eigenvalue weighted by Gasteiger charge is 2.24. The largest absolute Gasteiger partial charge is 0.467 e. The molecule has 0 radical (unpaired) electrons. The van der Waals surface area contributed by atoms with E-state index in [1.54, 1.807) is 5.38 Å². The third-order valence-electron chi connectivity index (χ3n) is 2.46. The van der Waals surface area contributed by atoms with Crippen LogP contribution in [0.4, 0.5) is 0 Å². The van der Waals surface area contributed by atoms with Crippen LogP contribution in [0.5, 0.6) is 0 Å². The van der Waals surface area contributed by atoms with Gasteiger partial charge in [-0.25, -0.2) is 9.78 Å². The molecule has 0 bridgehead atoms. The normalized spacial score (nSPS) is 11.7. The molecule has 1 atom stereocenters. The molecular formula is C12H20ClN3O3S. The van der Waals surface area contributed by atoms with Crippen molar-refractivity contribution in [1.82, 2.24) is 10.3 Å². The average molecular weight is 322 g/mol. The third kappa shape index (κ3) is 5.44. The topological polar surface area (TPSA) is 94.3 Å². The lowest BCUT2D eigenvalue weighted by molar-refractivity contribution is -0.143. The van der Waals surface area contributed by atoms with Gasteiger partial charge in [0.15, 0.2) is 0 Å². The number of halogens is 1. The minimum Gasteiger partial charge on any atom is -0.467 e. The molecule has 0 fully saturated rings. The van der Waals surface area contributed by atoms with Crippen LogP contribution in [0.25, 0.3) is 0 Å². The lowest BCUT2D eigenvalue weighted by atomic mass is 10.0. The Labute approximate surface area is 128 Å². The van der Waals surface area contributed by atoms with Gasteiger partial charge in [0.1, 0.15) is 16.7 Å². The summed E-state index contributed by atoms with van der Waals surface area (Å²) < 4.78 is 4.68. The number of carbonyl (C=O) groups is 2. The van der Waals surface area contributed by atoms with Gasteiger partial charge in [-0.05, 0) is 12.3 Å². The summed E-state index contributed by atoms with van der Waals surface area (Å²) in [6, 6.07) is -0.652. The van der Waals surface area contributed by atoms with E-state index in [0.29, 0.717) is 18.0 Å². The van der Waals surface area contributed by atoms with Crippen molar-refractivity contribution in [1.29, 1.82) is 0 Å². The first kappa shape index (κ1) is 18.8. The number of nitrogens with two attached hydrogens (primary N) is 1. The lowest BCUT2D eigenvalue weighted by Gasteiger charge is -2.17. The highest BCUT2D eigenvalue weighted by Crippen LogP contribution is 2.11. The minimum atomic E-state index is -0.652. The monoisotopic (exact) mass is 321 g/mol. The van der Waals surface area contributed by atoms with E-state index in [2.05, 4.69) is 15.0 Å². The molecule has 1 amide bonds. The molecule has 1 unspecified atom stereocenters. The maximum absolute atomic E-state index is 12.0. The molecule has 0 saturated heterocycles. The fourth-order valence-electron chi connectivity index (χ4n) is 1.57. The van der Waals surface area contributed by atoms with Crippen LogP contribution in [0, 0.1) is 5.92 Å². The Kier molecular flexibility index (Phi) is 8.36. The van der Waals surface area contributed by atoms with Gasteiger partial charge in [0.25, 0.3) is 5.91 Å². The number of aromatic nitrogens is 1. The molecule has 0 aliphatic heterocycles. The average Bonchev–Trinajstić information content (AvgIpc) is 2.85. The first-order chi connectivity index (χ1) is 8.97. The third-order valence-corrected chi connectivity index (χ3v) is 3.33. The Hall–Kier alpha value is -1.18. The van der Waals surface area contributed by atoms with Crippen molar-refractivity contribution in [2.24, 2.45) is 11.7 Å². The van der Waals surface area contributed by atoms with Crippen LogP contribution in [-0.4, -0.2) is 30.0 Å². The summed E-state index contributed by atoms with van der Waals surface area (Å²) in [6.07, 6.45) is 0.520. The fraction of sp³-hybridized carbons (Fsp3) is 0.583. The van der Waals surface area contributed by atoms with Crippen LogP contribution in [0.2, 0.25) is 0 Å². The first-order valence-corrected chi connectivity index (χ1v) is 6.89. The summed E-state index contributed by atoms with van der Waals surface area (Å²) >= 11 is 1.32. The van der Waals surface area contributed by atoms with Gasteiger partial charge in [-0.2, -0.15) is 0 Å². The maximum Gasteiger partial charge on any atom is 0.328 e. The molecule has 1 rings (SSSR count). The van der Waals surface area contributed by atoms with Gasteiger partial charge in [-0.1, -0.05) is 13.8 Å². The zero-order chi connectivity index (χ0) is 14.4. The predicted octanol–water partition coefficient (Wildman–Crippen LogP) is 1.34. The molecule has 0 spiro atoms. The molecule has 0 aliphatic rings. The number of rotatable bonds is 6. The number of thiazole rings is 1. The molecule has 0 aliphatic carbocycles. The van der Waals surface area contributed by atoms with E-state index >= 15 is 0 Å². The number of carbonyl (C=O) groups excluding carboxylic acids is 2. The van der Waals surface area contributed by atoms with Crippen LogP contribution in [0.15, 0.2) is 5.38 Å². The summed E-state index contributed by atoms with van der Waals surface area (Å²) in [4.78, 5) is 27.6. The van der Waals surface area contributed by atoms with Gasteiger partial charge in [-0.3, -0.25) is 4.79 Å². The Bertz CT molecular complexity index is 451. The second-order valence-corrected chi connectivity index (χ2v) is 5.45. The quantitative estimate of drug-likeness (QED) is 0.771. The zero-order valence-electron chi connectivity index (χ0n) is 11.7. The van der Waals surface area contributed by atoms with Crippen molar-refractivity contribution in [3.05, 3.63) is 16.1 Å². The van der Waals surface area contributed by atoms with Gasteiger partial charge >= 0.3 is 5.97 Å². The van der Waals surface area contributed by atoms with Crippen LogP contribution in [-0.2, 0) is 16.1 Å². The summed E-state index contributed by atoms with van der Waals surface area (Å²) in [7, 11) is 1.30. The minimum absolute atomic E-state index is 0. The number of esters is 1. The van der Waals surface area contributed by atoms with Gasteiger partial charge in [0.2, 0.25) is 0 Å². The molecule has 0 saturated carbocycles. The van der Waals surface area contributed by atoms with Crippen LogP contribution in [0.1, 0.15) is 35.8 Å². The lowest BCUT2D eigenvalue weighted by Crippen LogP contribution is -2.42. The standard InChI is InChI=1S/C12H19N3O3S.ClH/c1-7(2)4-8(12(17)18-3)15-11(16)9-6-19-10(5-13)14-9;/h6-8H,4-5,13H2,1-3H3,(H,15,16);1H. The van der Waals surface area contributed by atoms with Gasteiger partial charge in [0.05, 0.1) is 7.11 Å². The predicted molar refractivity (Wildman–Crippen MR) is 80.0 cm³/mol. The smallest absolute Gasteiger partial charge is 0.328 e. The summed E-state index contributed by atoms with van der Waals surface area (Å²) in [5, 5.41) is 4.95. The number of nitrogens with one attached hydrogen (secondary N) is 1. The van der Waals surface area contributed by atoms with E-state index in [4.69, 9.17) is 5.73 Å². The maximum atomic E-state index is 12.0. The van der Waals surface area contributed by atoms with E-state index in [1.807, 2.05) is 13.8 Å². The molecule has 1 heterocycles. The van der Waals surface area contributed by atoms with Crippen molar-refractivity contribution in [2.45, 2.75) is 32.9 Å². The number of ether oxygens (including phenoxy) is 1. The molecule has 0 aromatic carbocycles. The Balaban J connectivity index is 0.00000361. The molecule has 6 nitrogen and oxygen atoms in total. The SMILES string of the molecule is COC(=O)C(CC(C)C)NC(=O)c1csc(CN)n1.Cl. The Morgan fingerprint density at radius 2 is 2.15 bits per heavy atom. The Morgan fingerprint density at radius 1 is 1.50 bits per heavy atom. The second-order valence-electron chi connectivity index (χ2n) is 4.51. The van der Waals surface area contributed by atoms with Crippen molar-refractivity contribution in [3.63, 3.8) is 0 Å². The number of amides is 1. The second kappa shape index (κ2) is 8.89. The fourth-order valence-corrected chi connectivity index (χ4v) is 2.22. The Morgan fingerprint density at radius 3 is 2.60 bits per heavy atom. The molecule has 1 aromatic heterocycles. The molecule has 3 N–H and O–H groups in total. The van der Waals surface area contributed by atoms with Crippen LogP contribution in [0.3, 0.4) is 0 Å². The number of hydrogen-bond donors (Lipinski definition) is 2. The van der Waals surface area contributed by atoms with E-state index in [1.165, 1.54) is 18.4 Å². The molecule has 20 heavy (non-hydrogen) atoms. The zero-order valence-corrected chi connectivity index (χ0v) is 13.3. The first-order valence-electron chi connectivity index (χ1n) is 6.01. The summed E-state index contributed by atoms with van der Waals surface area (Å²) in [6.45, 7) is 4.24. The highest BCUT2D eigenvalue weighted by molar-refractivity contribution is 7.09. The molecule has 1 aromatic rings. The van der Waals surface area contributed by atoms with E-state index in [-0.39, 0.29) is 29.9 Å². The van der Waals surface area contributed by atoms with Crippen molar-refractivity contribution in [3.8, 4) is 0 Å². The number of nitrogens with zero attached hydrogens (tertiary/aromatic N) is 1. The van der Waals surface area contributed by atoms with Crippen LogP contribution >= 0.6 is 23.7 Å². The van der Waals surface area contributed by atoms with Gasteiger partial charge in [0, 0.05) is 11.9 Å². The van der Waals surface area contributed by atoms with Crippen molar-refractivity contribution >= 4 is 35.6 Å². The number of hydrogen-bond acceptors (Lipinski definition) is 6. The van der Waals surface area contributed by atoms with E-state index in [0.717, 1.165) is 0 Å². The van der Waals surface area contributed by atoms with Gasteiger partial charge < -0.3 is 15.8 Å². The number of methoxy groups -OCH3 is 1. The molecular weight excluding hydrogens is 302 g/mol. The van der Waals surface area contributed by atoms with E-state index in [9.17, 15) is 9.59 Å². The molecule has 8 heteroatoms.